The number of nitrogens with zero attached hydrogens (tertiary/aromatic N) is 3. The third-order valence-corrected chi connectivity index (χ3v) is 4.92. The number of benzene rings is 2. The number of hydrogen-bond donors (Lipinski definition) is 1. The Bertz CT molecular complexity index is 1070. The Balaban J connectivity index is 1.41. The van der Waals surface area contributed by atoms with E-state index in [1.54, 1.807) is 6.20 Å². The number of aromatic nitrogens is 3. The summed E-state index contributed by atoms with van der Waals surface area (Å²) in [6.07, 6.45) is 4.62. The maximum atomic E-state index is 5.90. The molecule has 138 valence electrons. The van der Waals surface area contributed by atoms with E-state index in [0.29, 0.717) is 6.61 Å². The zero-order chi connectivity index (χ0) is 18.8. The summed E-state index contributed by atoms with van der Waals surface area (Å²) in [5.41, 5.74) is 5.45. The Labute approximate surface area is 163 Å². The number of pyridine rings is 1. The molecule has 0 aliphatic carbocycles. The SMILES string of the molecule is c1ccc(COc2ccc(-n3nc(-c4cccnc4)c4c3NCC4)cc2)cc1. The van der Waals surface area contributed by atoms with Gasteiger partial charge >= 0.3 is 0 Å². The Morgan fingerprint density at radius 1 is 0.964 bits per heavy atom. The number of rotatable bonds is 5. The molecule has 5 nitrogen and oxygen atoms in total. The van der Waals surface area contributed by atoms with Crippen LogP contribution >= 0.6 is 0 Å². The minimum absolute atomic E-state index is 0.560. The summed E-state index contributed by atoms with van der Waals surface area (Å²) in [6, 6.07) is 22.2. The largest absolute Gasteiger partial charge is 0.489 e. The molecular formula is C23H20N4O. The first-order valence-electron chi connectivity index (χ1n) is 9.42. The fourth-order valence-electron chi connectivity index (χ4n) is 3.52. The number of nitrogens with one attached hydrogen (secondary N) is 1. The van der Waals surface area contributed by atoms with Crippen molar-refractivity contribution in [2.45, 2.75) is 13.0 Å². The summed E-state index contributed by atoms with van der Waals surface area (Å²) < 4.78 is 7.87. The lowest BCUT2D eigenvalue weighted by atomic mass is 10.1. The molecule has 2 aromatic heterocycles. The number of fused-ring (bicyclic) bond motifs is 1. The molecule has 0 unspecified atom stereocenters. The van der Waals surface area contributed by atoms with E-state index in [1.165, 1.54) is 5.56 Å². The van der Waals surface area contributed by atoms with Crippen LogP contribution in [0.5, 0.6) is 5.75 Å². The zero-order valence-electron chi connectivity index (χ0n) is 15.4. The average molecular weight is 368 g/mol. The Morgan fingerprint density at radius 2 is 1.82 bits per heavy atom. The summed E-state index contributed by atoms with van der Waals surface area (Å²) in [5, 5.41) is 8.34. The summed E-state index contributed by atoms with van der Waals surface area (Å²) in [6.45, 7) is 1.49. The molecular weight excluding hydrogens is 348 g/mol. The quantitative estimate of drug-likeness (QED) is 0.564. The smallest absolute Gasteiger partial charge is 0.133 e. The molecule has 3 heterocycles. The molecule has 0 fully saturated rings. The van der Waals surface area contributed by atoms with Crippen LogP contribution in [0.1, 0.15) is 11.1 Å². The average Bonchev–Trinajstić information content (AvgIpc) is 3.37. The maximum Gasteiger partial charge on any atom is 0.133 e. The lowest BCUT2D eigenvalue weighted by molar-refractivity contribution is 0.306. The van der Waals surface area contributed by atoms with Crippen molar-refractivity contribution in [1.82, 2.24) is 14.8 Å². The van der Waals surface area contributed by atoms with E-state index >= 15 is 0 Å². The molecule has 5 heteroatoms. The van der Waals surface area contributed by atoms with Crippen LogP contribution in [0.2, 0.25) is 0 Å². The molecule has 0 amide bonds. The van der Waals surface area contributed by atoms with Gasteiger partial charge in [-0.15, -0.1) is 0 Å². The second-order valence-electron chi connectivity index (χ2n) is 6.77. The number of anilines is 1. The van der Waals surface area contributed by atoms with Gasteiger partial charge < -0.3 is 10.1 Å². The first-order chi connectivity index (χ1) is 13.9. The van der Waals surface area contributed by atoms with Crippen molar-refractivity contribution in [3.8, 4) is 22.7 Å². The van der Waals surface area contributed by atoms with Gasteiger partial charge in [-0.25, -0.2) is 4.68 Å². The van der Waals surface area contributed by atoms with Gasteiger partial charge in [0.1, 0.15) is 18.2 Å². The van der Waals surface area contributed by atoms with Crippen LogP contribution in [0.4, 0.5) is 5.82 Å². The lowest BCUT2D eigenvalue weighted by Crippen LogP contribution is -2.04. The van der Waals surface area contributed by atoms with E-state index in [1.807, 2.05) is 59.4 Å². The molecule has 0 saturated carbocycles. The molecule has 4 aromatic rings. The Morgan fingerprint density at radius 3 is 2.61 bits per heavy atom. The second-order valence-corrected chi connectivity index (χ2v) is 6.77. The fraction of sp³-hybridized carbons (Fsp3) is 0.130. The van der Waals surface area contributed by atoms with Crippen LogP contribution in [-0.4, -0.2) is 21.3 Å². The van der Waals surface area contributed by atoms with Crippen LogP contribution in [0.25, 0.3) is 16.9 Å². The Hall–Kier alpha value is -3.60. The predicted molar refractivity (Wildman–Crippen MR) is 110 cm³/mol. The molecule has 28 heavy (non-hydrogen) atoms. The molecule has 2 aromatic carbocycles. The van der Waals surface area contributed by atoms with Gasteiger partial charge in [0.25, 0.3) is 0 Å². The van der Waals surface area contributed by atoms with Crippen LogP contribution in [0, 0.1) is 0 Å². The van der Waals surface area contributed by atoms with E-state index in [2.05, 4.69) is 28.5 Å². The van der Waals surface area contributed by atoms with E-state index in [-0.39, 0.29) is 0 Å². The highest BCUT2D eigenvalue weighted by Gasteiger charge is 2.23. The highest BCUT2D eigenvalue weighted by molar-refractivity contribution is 5.72. The van der Waals surface area contributed by atoms with Gasteiger partial charge in [-0.3, -0.25) is 4.98 Å². The van der Waals surface area contributed by atoms with Crippen LogP contribution in [0.3, 0.4) is 0 Å². The van der Waals surface area contributed by atoms with E-state index < -0.39 is 0 Å². The topological polar surface area (TPSA) is 52.0 Å². The standard InChI is InChI=1S/C23H20N4O/c1-2-5-17(6-3-1)16-28-20-10-8-19(9-11-20)27-23-21(12-14-25-23)22(26-27)18-7-4-13-24-15-18/h1-11,13,15,25H,12,14,16H2. The van der Waals surface area contributed by atoms with Crippen molar-refractivity contribution in [2.75, 3.05) is 11.9 Å². The van der Waals surface area contributed by atoms with E-state index in [4.69, 9.17) is 9.84 Å². The van der Waals surface area contributed by atoms with Crippen molar-refractivity contribution in [3.63, 3.8) is 0 Å². The zero-order valence-corrected chi connectivity index (χ0v) is 15.4. The van der Waals surface area contributed by atoms with Gasteiger partial charge in [-0.05, 0) is 48.4 Å². The Kier molecular flexibility index (Phi) is 4.26. The first-order valence-corrected chi connectivity index (χ1v) is 9.42. The van der Waals surface area contributed by atoms with Gasteiger partial charge in [0.15, 0.2) is 0 Å². The van der Waals surface area contributed by atoms with Crippen molar-refractivity contribution >= 4 is 5.82 Å². The first kappa shape index (κ1) is 16.6. The summed E-state index contributed by atoms with van der Waals surface area (Å²) >= 11 is 0. The molecule has 0 saturated heterocycles. The number of hydrogen-bond acceptors (Lipinski definition) is 4. The molecule has 0 bridgehead atoms. The van der Waals surface area contributed by atoms with Gasteiger partial charge in [0, 0.05) is 30.1 Å². The molecule has 5 rings (SSSR count). The molecule has 1 aliphatic heterocycles. The van der Waals surface area contributed by atoms with Crippen LogP contribution in [-0.2, 0) is 13.0 Å². The molecule has 0 spiro atoms. The minimum Gasteiger partial charge on any atom is -0.489 e. The summed E-state index contributed by atoms with van der Waals surface area (Å²) in [7, 11) is 0. The van der Waals surface area contributed by atoms with Crippen molar-refractivity contribution in [2.24, 2.45) is 0 Å². The van der Waals surface area contributed by atoms with Gasteiger partial charge in [0.2, 0.25) is 0 Å². The van der Waals surface area contributed by atoms with Crippen LogP contribution in [0.15, 0.2) is 79.1 Å². The molecule has 1 aliphatic rings. The van der Waals surface area contributed by atoms with Gasteiger partial charge in [-0.1, -0.05) is 30.3 Å². The lowest BCUT2D eigenvalue weighted by Gasteiger charge is -2.09. The van der Waals surface area contributed by atoms with E-state index in [9.17, 15) is 0 Å². The van der Waals surface area contributed by atoms with Crippen LogP contribution < -0.4 is 10.1 Å². The predicted octanol–water partition coefficient (Wildman–Crippen LogP) is 4.48. The second kappa shape index (κ2) is 7.19. The maximum absolute atomic E-state index is 5.90. The highest BCUT2D eigenvalue weighted by atomic mass is 16.5. The van der Waals surface area contributed by atoms with E-state index in [0.717, 1.165) is 47.0 Å². The fourth-order valence-corrected chi connectivity index (χ4v) is 3.52. The third-order valence-electron chi connectivity index (χ3n) is 4.92. The monoisotopic (exact) mass is 368 g/mol. The summed E-state index contributed by atoms with van der Waals surface area (Å²) in [5.74, 6) is 1.91. The third kappa shape index (κ3) is 3.11. The van der Waals surface area contributed by atoms with Crippen molar-refractivity contribution in [1.29, 1.82) is 0 Å². The molecule has 0 atom stereocenters. The highest BCUT2D eigenvalue weighted by Crippen LogP contribution is 2.34. The van der Waals surface area contributed by atoms with Gasteiger partial charge in [0.05, 0.1) is 11.4 Å². The summed E-state index contributed by atoms with van der Waals surface area (Å²) in [4.78, 5) is 4.24. The normalized spacial score (nSPS) is 12.4. The van der Waals surface area contributed by atoms with Crippen molar-refractivity contribution < 1.29 is 4.74 Å². The number of ether oxygens (including phenoxy) is 1. The molecule has 1 N–H and O–H groups in total. The minimum atomic E-state index is 0.560. The van der Waals surface area contributed by atoms with Gasteiger partial charge in [-0.2, -0.15) is 5.10 Å². The molecule has 0 radical (unpaired) electrons. The van der Waals surface area contributed by atoms with Crippen molar-refractivity contribution in [3.05, 3.63) is 90.3 Å².